The first-order chi connectivity index (χ1) is 6.70. The molecule has 0 amide bonds. The molecule has 1 aromatic heterocycles. The largest absolute Gasteiger partial charge is 0.261 e. The Bertz CT molecular complexity index is 558. The second-order valence-corrected chi connectivity index (χ2v) is 3.75. The fraction of sp³-hybridized carbons (Fsp3) is 0. The van der Waals surface area contributed by atoms with Gasteiger partial charge in [-0.1, -0.05) is 12.1 Å². The van der Waals surface area contributed by atoms with Crippen molar-refractivity contribution >= 4 is 38.5 Å². The summed E-state index contributed by atoms with van der Waals surface area (Å²) in [7, 11) is -2.78. The maximum Gasteiger partial charge on any atom is 0.169 e. The summed E-state index contributed by atoms with van der Waals surface area (Å²) < 4.78 is 34.9. The number of hydrogen-bond acceptors (Lipinski definition) is 3. The second kappa shape index (κ2) is 4.67. The summed E-state index contributed by atoms with van der Waals surface area (Å²) in [4.78, 5) is 3.64. The number of pyridine rings is 1. The highest BCUT2D eigenvalue weighted by atomic mass is 79.9. The third kappa shape index (κ3) is 2.15. The van der Waals surface area contributed by atoms with E-state index in [9.17, 15) is 12.8 Å². The molecule has 0 spiro atoms. The minimum atomic E-state index is -2.78. The second-order valence-electron chi connectivity index (χ2n) is 2.75. The normalized spacial score (nSPS) is 10.3. The van der Waals surface area contributed by atoms with Crippen molar-refractivity contribution in [2.45, 2.75) is 4.90 Å². The van der Waals surface area contributed by atoms with Gasteiger partial charge in [-0.05, 0) is 6.07 Å². The van der Waals surface area contributed by atoms with Crippen LogP contribution >= 0.6 is 17.0 Å². The predicted octanol–water partition coefficient (Wildman–Crippen LogP) is 1.92. The number of hydrogen-bond donors (Lipinski definition) is 1. The lowest BCUT2D eigenvalue weighted by atomic mass is 10.2. The molecular weight excluding hydrogens is 285 g/mol. The highest BCUT2D eigenvalue weighted by molar-refractivity contribution is 8.93. The molecule has 0 bridgehead atoms. The fourth-order valence-electron chi connectivity index (χ4n) is 1.32. The maximum atomic E-state index is 13.3. The number of nitrogens with zero attached hydrogens (tertiary/aromatic N) is 1. The lowest BCUT2D eigenvalue weighted by Gasteiger charge is -2.00. The van der Waals surface area contributed by atoms with E-state index in [1.807, 2.05) is 0 Å². The molecule has 1 heterocycles. The zero-order valence-electron chi connectivity index (χ0n) is 7.38. The zero-order valence-corrected chi connectivity index (χ0v) is 9.99. The van der Waals surface area contributed by atoms with Gasteiger partial charge in [-0.25, -0.2) is 12.8 Å². The molecular formula is C9H7BrFNO2S. The van der Waals surface area contributed by atoms with Crippen molar-refractivity contribution in [3.63, 3.8) is 0 Å². The van der Waals surface area contributed by atoms with Crippen molar-refractivity contribution in [3.05, 3.63) is 36.4 Å². The van der Waals surface area contributed by atoms with E-state index in [1.165, 1.54) is 12.3 Å². The zero-order chi connectivity index (χ0) is 10.1. The van der Waals surface area contributed by atoms with E-state index >= 15 is 0 Å². The molecule has 2 aromatic rings. The van der Waals surface area contributed by atoms with Gasteiger partial charge in [0.15, 0.2) is 16.5 Å². The smallest absolute Gasteiger partial charge is 0.169 e. The van der Waals surface area contributed by atoms with Crippen LogP contribution in [0.2, 0.25) is 0 Å². The summed E-state index contributed by atoms with van der Waals surface area (Å²) in [6.07, 6.45) is 2.44. The minimum Gasteiger partial charge on any atom is -0.261 e. The lowest BCUT2D eigenvalue weighted by Crippen LogP contribution is -1.88. The average Bonchev–Trinajstić information content (AvgIpc) is 2.17. The van der Waals surface area contributed by atoms with Crippen molar-refractivity contribution in [1.82, 2.24) is 4.98 Å². The number of thiol groups is 1. The van der Waals surface area contributed by atoms with E-state index in [2.05, 4.69) is 4.98 Å². The first-order valence-corrected chi connectivity index (χ1v) is 5.04. The average molecular weight is 292 g/mol. The predicted molar refractivity (Wildman–Crippen MR) is 60.6 cm³/mol. The third-order valence-corrected chi connectivity index (χ3v) is 2.68. The van der Waals surface area contributed by atoms with Gasteiger partial charge in [0.25, 0.3) is 0 Å². The molecule has 15 heavy (non-hydrogen) atoms. The number of halogens is 2. The molecule has 0 radical (unpaired) electrons. The van der Waals surface area contributed by atoms with Gasteiger partial charge in [-0.15, -0.1) is 17.0 Å². The van der Waals surface area contributed by atoms with Crippen LogP contribution in [0.15, 0.2) is 35.5 Å². The molecule has 0 unspecified atom stereocenters. The van der Waals surface area contributed by atoms with E-state index in [-0.39, 0.29) is 27.3 Å². The molecule has 3 nitrogen and oxygen atoms in total. The molecule has 0 saturated heterocycles. The molecule has 0 aliphatic heterocycles. The molecule has 80 valence electrons. The Balaban J connectivity index is 0.00000112. The Kier molecular flexibility index (Phi) is 3.76. The van der Waals surface area contributed by atoms with Crippen LogP contribution in [0.5, 0.6) is 0 Å². The number of aromatic nitrogens is 1. The highest BCUT2D eigenvalue weighted by Crippen LogP contribution is 2.21. The molecule has 6 heteroatoms. The summed E-state index contributed by atoms with van der Waals surface area (Å²) in [5.41, 5.74) is 0. The van der Waals surface area contributed by atoms with Gasteiger partial charge in [-0.3, -0.25) is 4.98 Å². The van der Waals surface area contributed by atoms with E-state index in [0.717, 1.165) is 6.20 Å². The third-order valence-electron chi connectivity index (χ3n) is 1.91. The molecule has 1 aromatic carbocycles. The van der Waals surface area contributed by atoms with Crippen LogP contribution in [0, 0.1) is 5.82 Å². The Labute approximate surface area is 97.7 Å². The highest BCUT2D eigenvalue weighted by Gasteiger charge is 2.07. The van der Waals surface area contributed by atoms with Crippen LogP contribution in [0.3, 0.4) is 0 Å². The molecule has 0 aliphatic carbocycles. The van der Waals surface area contributed by atoms with Crippen LogP contribution in [0.4, 0.5) is 4.39 Å². The number of benzene rings is 1. The van der Waals surface area contributed by atoms with Gasteiger partial charge < -0.3 is 0 Å². The summed E-state index contributed by atoms with van der Waals surface area (Å²) in [5, 5.41) is 0.598. The van der Waals surface area contributed by atoms with Crippen LogP contribution < -0.4 is 0 Å². The topological polar surface area (TPSA) is 47.0 Å². The van der Waals surface area contributed by atoms with Gasteiger partial charge in [0.05, 0.1) is 11.1 Å². The van der Waals surface area contributed by atoms with Gasteiger partial charge >= 0.3 is 0 Å². The van der Waals surface area contributed by atoms with Crippen molar-refractivity contribution in [2.75, 3.05) is 0 Å². The summed E-state index contributed by atoms with van der Waals surface area (Å²) in [5.74, 6) is -0.614. The first kappa shape index (κ1) is 12.1. The van der Waals surface area contributed by atoms with Crippen molar-refractivity contribution in [1.29, 1.82) is 0 Å². The van der Waals surface area contributed by atoms with Gasteiger partial charge in [0.1, 0.15) is 0 Å². The minimum absolute atomic E-state index is 0. The monoisotopic (exact) mass is 291 g/mol. The van der Waals surface area contributed by atoms with Crippen LogP contribution in [0.1, 0.15) is 0 Å². The maximum absolute atomic E-state index is 13.3. The molecule has 0 N–H and O–H groups in total. The van der Waals surface area contributed by atoms with Crippen LogP contribution in [-0.2, 0) is 10.7 Å². The standard InChI is InChI=1S/C9H6FNO2S.BrH/c10-7-5-11-4-6-2-1-3-8(9(6)7)14(12)13;/h1-5,14H;1H. The Hall–Kier alpha value is -1.01. The molecule has 2 rings (SSSR count). The van der Waals surface area contributed by atoms with E-state index in [1.54, 1.807) is 12.1 Å². The lowest BCUT2D eigenvalue weighted by molar-refractivity contribution is 0.611. The van der Waals surface area contributed by atoms with E-state index in [0.29, 0.717) is 5.39 Å². The van der Waals surface area contributed by atoms with Crippen molar-refractivity contribution < 1.29 is 12.8 Å². The van der Waals surface area contributed by atoms with E-state index in [4.69, 9.17) is 0 Å². The Morgan fingerprint density at radius 1 is 1.20 bits per heavy atom. The quantitative estimate of drug-likeness (QED) is 0.817. The molecule has 0 atom stereocenters. The number of rotatable bonds is 1. The first-order valence-electron chi connectivity index (χ1n) is 3.87. The van der Waals surface area contributed by atoms with Crippen LogP contribution in [-0.4, -0.2) is 13.4 Å². The molecule has 0 fully saturated rings. The Morgan fingerprint density at radius 3 is 2.60 bits per heavy atom. The Morgan fingerprint density at radius 2 is 1.93 bits per heavy atom. The summed E-state index contributed by atoms with van der Waals surface area (Å²) >= 11 is 0. The van der Waals surface area contributed by atoms with Gasteiger partial charge in [0.2, 0.25) is 0 Å². The van der Waals surface area contributed by atoms with Crippen molar-refractivity contribution in [2.24, 2.45) is 0 Å². The SMILES string of the molecule is Br.O=[SH](=O)c1cccc2cncc(F)c12. The molecule has 0 saturated carbocycles. The summed E-state index contributed by atoms with van der Waals surface area (Å²) in [6.45, 7) is 0. The van der Waals surface area contributed by atoms with Gasteiger partial charge in [0, 0.05) is 17.0 Å². The molecule has 0 aliphatic rings. The van der Waals surface area contributed by atoms with Gasteiger partial charge in [-0.2, -0.15) is 0 Å². The van der Waals surface area contributed by atoms with Crippen molar-refractivity contribution in [3.8, 4) is 0 Å². The number of fused-ring (bicyclic) bond motifs is 1. The summed E-state index contributed by atoms with van der Waals surface area (Å²) in [6, 6.07) is 4.55. The van der Waals surface area contributed by atoms with E-state index < -0.39 is 16.5 Å². The van der Waals surface area contributed by atoms with Crippen LogP contribution in [0.25, 0.3) is 10.8 Å². The fourth-order valence-corrected chi connectivity index (χ4v) is 1.95.